The number of methoxy groups -OCH3 is 1. The van der Waals surface area contributed by atoms with Crippen molar-refractivity contribution in [1.82, 2.24) is 14.9 Å². The first-order valence-corrected chi connectivity index (χ1v) is 8.61. The molecule has 3 heterocycles. The summed E-state index contributed by atoms with van der Waals surface area (Å²) < 4.78 is 5.23. The van der Waals surface area contributed by atoms with Gasteiger partial charge in [0.05, 0.1) is 18.3 Å². The molecule has 1 atom stereocenters. The number of ether oxygens (including phenoxy) is 1. The first-order chi connectivity index (χ1) is 10.9. The van der Waals surface area contributed by atoms with Gasteiger partial charge in [-0.25, -0.2) is 9.97 Å². The predicted molar refractivity (Wildman–Crippen MR) is 89.7 cm³/mol. The van der Waals surface area contributed by atoms with Crippen LogP contribution in [-0.4, -0.2) is 41.7 Å². The molecule has 0 radical (unpaired) electrons. The molecule has 3 rings (SSSR count). The minimum atomic E-state index is 0.416. The maximum Gasteiger partial charge on any atom is 0.188 e. The van der Waals surface area contributed by atoms with Crippen molar-refractivity contribution in [2.45, 2.75) is 25.3 Å². The fourth-order valence-electron chi connectivity index (χ4n) is 2.84. The van der Waals surface area contributed by atoms with Gasteiger partial charge in [0.2, 0.25) is 0 Å². The van der Waals surface area contributed by atoms with Gasteiger partial charge in [0.15, 0.2) is 5.13 Å². The zero-order valence-corrected chi connectivity index (χ0v) is 13.7. The molecule has 1 aliphatic rings. The van der Waals surface area contributed by atoms with E-state index in [9.17, 15) is 0 Å². The second-order valence-electron chi connectivity index (χ2n) is 5.46. The summed E-state index contributed by atoms with van der Waals surface area (Å²) in [5.41, 5.74) is 1.17. The van der Waals surface area contributed by atoms with E-state index in [1.165, 1.54) is 25.0 Å². The van der Waals surface area contributed by atoms with Crippen LogP contribution in [0.4, 0.5) is 10.9 Å². The van der Waals surface area contributed by atoms with Crippen LogP contribution in [0.1, 0.15) is 31.0 Å². The number of nitrogens with zero attached hydrogens (tertiary/aromatic N) is 3. The molecule has 2 aromatic rings. The molecule has 1 fully saturated rings. The highest BCUT2D eigenvalue weighted by Crippen LogP contribution is 2.33. The summed E-state index contributed by atoms with van der Waals surface area (Å²) in [5.74, 6) is 0.836. The number of anilines is 2. The van der Waals surface area contributed by atoms with Crippen LogP contribution in [0.25, 0.3) is 0 Å². The third-order valence-corrected chi connectivity index (χ3v) is 4.74. The van der Waals surface area contributed by atoms with Gasteiger partial charge in [-0.15, -0.1) is 11.3 Å². The maximum atomic E-state index is 5.23. The van der Waals surface area contributed by atoms with Crippen molar-refractivity contribution in [2.75, 3.05) is 32.1 Å². The Labute approximate surface area is 135 Å². The molecule has 0 aliphatic carbocycles. The van der Waals surface area contributed by atoms with E-state index in [2.05, 4.69) is 20.6 Å². The average Bonchev–Trinajstić information content (AvgIpc) is 3.02. The van der Waals surface area contributed by atoms with E-state index in [1.54, 1.807) is 24.6 Å². The summed E-state index contributed by atoms with van der Waals surface area (Å²) in [7, 11) is 1.76. The molecule has 0 saturated carbocycles. The van der Waals surface area contributed by atoms with Crippen molar-refractivity contribution < 1.29 is 4.74 Å². The van der Waals surface area contributed by atoms with E-state index in [1.807, 2.05) is 18.2 Å². The normalized spacial score (nSPS) is 19.2. The van der Waals surface area contributed by atoms with Crippen LogP contribution in [0.15, 0.2) is 29.8 Å². The highest BCUT2D eigenvalue weighted by molar-refractivity contribution is 7.13. The number of aromatic nitrogens is 2. The molecule has 22 heavy (non-hydrogen) atoms. The molecule has 6 heteroatoms. The number of hydrogen-bond acceptors (Lipinski definition) is 6. The number of piperidine rings is 1. The number of likely N-dealkylation sites (tertiary alicyclic amines) is 1. The second-order valence-corrected chi connectivity index (χ2v) is 6.32. The zero-order valence-electron chi connectivity index (χ0n) is 12.9. The molecular formula is C16H22N4OS. The second kappa shape index (κ2) is 7.67. The monoisotopic (exact) mass is 318 g/mol. The lowest BCUT2D eigenvalue weighted by Crippen LogP contribution is -2.35. The molecule has 2 aromatic heterocycles. The molecule has 0 aromatic carbocycles. The molecule has 0 bridgehead atoms. The maximum absolute atomic E-state index is 5.23. The van der Waals surface area contributed by atoms with E-state index in [-0.39, 0.29) is 0 Å². The van der Waals surface area contributed by atoms with E-state index in [4.69, 9.17) is 9.72 Å². The number of pyridine rings is 1. The first-order valence-electron chi connectivity index (χ1n) is 7.73. The Morgan fingerprint density at radius 2 is 2.36 bits per heavy atom. The minimum Gasteiger partial charge on any atom is -0.383 e. The lowest BCUT2D eigenvalue weighted by atomic mass is 10.00. The highest BCUT2D eigenvalue weighted by atomic mass is 32.1. The van der Waals surface area contributed by atoms with Crippen LogP contribution in [-0.2, 0) is 4.74 Å². The summed E-state index contributed by atoms with van der Waals surface area (Å²) >= 11 is 1.64. The standard InChI is InChI=1S/C16H22N4OS/c1-21-11-10-20-9-5-3-6-14(20)13-12-22-16(18-13)19-15-7-2-4-8-17-15/h2,4,7-8,12,14H,3,5-6,9-11H2,1H3,(H,17,18,19). The van der Waals surface area contributed by atoms with Gasteiger partial charge in [-0.2, -0.15) is 0 Å². The number of rotatable bonds is 6. The van der Waals surface area contributed by atoms with Crippen LogP contribution in [0, 0.1) is 0 Å². The van der Waals surface area contributed by atoms with Gasteiger partial charge in [0.25, 0.3) is 0 Å². The van der Waals surface area contributed by atoms with Crippen LogP contribution in [0.2, 0.25) is 0 Å². The highest BCUT2D eigenvalue weighted by Gasteiger charge is 2.25. The molecule has 118 valence electrons. The fraction of sp³-hybridized carbons (Fsp3) is 0.500. The van der Waals surface area contributed by atoms with Crippen molar-refractivity contribution in [1.29, 1.82) is 0 Å². The Hall–Kier alpha value is -1.50. The lowest BCUT2D eigenvalue weighted by Gasteiger charge is -2.34. The van der Waals surface area contributed by atoms with Crippen molar-refractivity contribution in [2.24, 2.45) is 0 Å². The summed E-state index contributed by atoms with van der Waals surface area (Å²) in [5, 5.41) is 6.35. The van der Waals surface area contributed by atoms with Crippen LogP contribution < -0.4 is 5.32 Å². The zero-order chi connectivity index (χ0) is 15.2. The predicted octanol–water partition coefficient (Wildman–Crippen LogP) is 3.46. The van der Waals surface area contributed by atoms with E-state index < -0.39 is 0 Å². The molecule has 0 amide bonds. The minimum absolute atomic E-state index is 0.416. The first kappa shape index (κ1) is 15.4. The van der Waals surface area contributed by atoms with Gasteiger partial charge in [-0.05, 0) is 31.5 Å². The van der Waals surface area contributed by atoms with Crippen LogP contribution in [0.3, 0.4) is 0 Å². The molecule has 0 spiro atoms. The van der Waals surface area contributed by atoms with E-state index in [0.29, 0.717) is 6.04 Å². The SMILES string of the molecule is COCCN1CCCCC1c1csc(Nc2ccccn2)n1. The van der Waals surface area contributed by atoms with Crippen LogP contribution in [0.5, 0.6) is 0 Å². The van der Waals surface area contributed by atoms with Gasteiger partial charge in [-0.3, -0.25) is 4.90 Å². The summed E-state index contributed by atoms with van der Waals surface area (Å²) in [6.07, 6.45) is 5.50. The molecule has 1 aliphatic heterocycles. The van der Waals surface area contributed by atoms with Crippen molar-refractivity contribution >= 4 is 22.3 Å². The lowest BCUT2D eigenvalue weighted by molar-refractivity contribution is 0.0946. The Morgan fingerprint density at radius 3 is 3.18 bits per heavy atom. The van der Waals surface area contributed by atoms with Gasteiger partial charge in [-0.1, -0.05) is 12.5 Å². The number of thiazole rings is 1. The Kier molecular flexibility index (Phi) is 5.37. The summed E-state index contributed by atoms with van der Waals surface area (Å²) in [6.45, 7) is 2.88. The average molecular weight is 318 g/mol. The smallest absolute Gasteiger partial charge is 0.188 e. The van der Waals surface area contributed by atoms with Crippen molar-refractivity contribution in [3.63, 3.8) is 0 Å². The molecule has 1 saturated heterocycles. The topological polar surface area (TPSA) is 50.3 Å². The fourth-order valence-corrected chi connectivity index (χ4v) is 3.61. The van der Waals surface area contributed by atoms with Gasteiger partial charge in [0, 0.05) is 25.2 Å². The number of hydrogen-bond donors (Lipinski definition) is 1. The van der Waals surface area contributed by atoms with Gasteiger partial charge in [0.1, 0.15) is 5.82 Å². The van der Waals surface area contributed by atoms with Crippen molar-refractivity contribution in [3.05, 3.63) is 35.5 Å². The largest absolute Gasteiger partial charge is 0.383 e. The molecular weight excluding hydrogens is 296 g/mol. The van der Waals surface area contributed by atoms with Gasteiger partial charge < -0.3 is 10.1 Å². The van der Waals surface area contributed by atoms with Crippen LogP contribution >= 0.6 is 11.3 Å². The quantitative estimate of drug-likeness (QED) is 0.884. The third kappa shape index (κ3) is 3.82. The van der Waals surface area contributed by atoms with Gasteiger partial charge >= 0.3 is 0 Å². The number of nitrogens with one attached hydrogen (secondary N) is 1. The summed E-state index contributed by atoms with van der Waals surface area (Å²) in [4.78, 5) is 11.5. The summed E-state index contributed by atoms with van der Waals surface area (Å²) in [6, 6.07) is 6.25. The Balaban J connectivity index is 1.68. The Bertz CT molecular complexity index is 575. The van der Waals surface area contributed by atoms with Crippen molar-refractivity contribution in [3.8, 4) is 0 Å². The van der Waals surface area contributed by atoms with E-state index >= 15 is 0 Å². The molecule has 5 nitrogen and oxygen atoms in total. The molecule has 1 unspecified atom stereocenters. The Morgan fingerprint density at radius 1 is 1.41 bits per heavy atom. The van der Waals surface area contributed by atoms with E-state index in [0.717, 1.165) is 30.6 Å². The third-order valence-electron chi connectivity index (χ3n) is 3.96. The molecule has 1 N–H and O–H groups in total.